The van der Waals surface area contributed by atoms with E-state index >= 15 is 0 Å². The van der Waals surface area contributed by atoms with Crippen LogP contribution >= 0.6 is 0 Å². The molecule has 1 N–H and O–H groups in total. The molecule has 100 valence electrons. The Bertz CT molecular complexity index is 599. The number of ether oxygens (including phenoxy) is 1. The number of hydrogen-bond donors (Lipinski definition) is 1. The zero-order valence-electron chi connectivity index (χ0n) is 10.6. The normalized spacial score (nSPS) is 19.1. The molecule has 1 saturated heterocycles. The number of ketones is 1. The number of benzene rings is 1. The number of Topliss-reactive ketones (excluding diaryl/α,β-unsaturated/α-hetero) is 1. The first-order valence-corrected chi connectivity index (χ1v) is 6.65. The lowest BCUT2D eigenvalue weighted by atomic mass is 10.0. The van der Waals surface area contributed by atoms with Crippen LogP contribution in [-0.4, -0.2) is 23.5 Å². The molecule has 0 radical (unpaired) electrons. The van der Waals surface area contributed by atoms with E-state index < -0.39 is 0 Å². The van der Waals surface area contributed by atoms with Gasteiger partial charge in [0.15, 0.2) is 5.78 Å². The van der Waals surface area contributed by atoms with Gasteiger partial charge in [0.25, 0.3) is 0 Å². The Kier molecular flexibility index (Phi) is 3.34. The van der Waals surface area contributed by atoms with Crippen molar-refractivity contribution in [1.82, 2.24) is 4.98 Å². The molecule has 2 aromatic rings. The van der Waals surface area contributed by atoms with Crippen LogP contribution in [0.1, 0.15) is 36.0 Å². The van der Waals surface area contributed by atoms with E-state index in [-0.39, 0.29) is 17.7 Å². The zero-order valence-corrected chi connectivity index (χ0v) is 10.6. The van der Waals surface area contributed by atoms with E-state index in [9.17, 15) is 9.18 Å². The third kappa shape index (κ3) is 2.54. The summed E-state index contributed by atoms with van der Waals surface area (Å²) in [5.74, 6) is -0.207. The van der Waals surface area contributed by atoms with Gasteiger partial charge in [0, 0.05) is 35.7 Å². The van der Waals surface area contributed by atoms with Crippen LogP contribution in [-0.2, 0) is 4.74 Å². The summed E-state index contributed by atoms with van der Waals surface area (Å²) in [7, 11) is 0. The lowest BCUT2D eigenvalue weighted by Gasteiger charge is -2.07. The largest absolute Gasteiger partial charge is 0.378 e. The first kappa shape index (κ1) is 12.4. The van der Waals surface area contributed by atoms with Gasteiger partial charge >= 0.3 is 0 Å². The van der Waals surface area contributed by atoms with Gasteiger partial charge in [-0.2, -0.15) is 0 Å². The summed E-state index contributed by atoms with van der Waals surface area (Å²) in [4.78, 5) is 15.1. The molecule has 0 bridgehead atoms. The van der Waals surface area contributed by atoms with Gasteiger partial charge in [-0.05, 0) is 37.5 Å². The van der Waals surface area contributed by atoms with Crippen molar-refractivity contribution in [2.24, 2.45) is 0 Å². The minimum absolute atomic E-state index is 0.0911. The molecule has 0 spiro atoms. The highest BCUT2D eigenvalue weighted by Crippen LogP contribution is 2.23. The number of hydrogen-bond acceptors (Lipinski definition) is 2. The summed E-state index contributed by atoms with van der Waals surface area (Å²) in [6.45, 7) is 0.811. The van der Waals surface area contributed by atoms with Crippen molar-refractivity contribution >= 4 is 16.7 Å². The fourth-order valence-corrected chi connectivity index (χ4v) is 2.63. The second-order valence-corrected chi connectivity index (χ2v) is 4.99. The Balaban J connectivity index is 1.74. The van der Waals surface area contributed by atoms with Gasteiger partial charge < -0.3 is 9.72 Å². The van der Waals surface area contributed by atoms with Crippen LogP contribution in [0.25, 0.3) is 10.9 Å². The summed E-state index contributed by atoms with van der Waals surface area (Å²) in [6.07, 6.45) is 5.29. The molecule has 19 heavy (non-hydrogen) atoms. The lowest BCUT2D eigenvalue weighted by Crippen LogP contribution is -2.08. The summed E-state index contributed by atoms with van der Waals surface area (Å²) in [5, 5.41) is 0.791. The molecule has 2 heterocycles. The van der Waals surface area contributed by atoms with E-state index in [1.165, 1.54) is 12.1 Å². The molecule has 0 aliphatic carbocycles. The maximum atomic E-state index is 13.1. The molecule has 3 rings (SSSR count). The van der Waals surface area contributed by atoms with E-state index in [4.69, 9.17) is 4.74 Å². The van der Waals surface area contributed by atoms with E-state index in [2.05, 4.69) is 4.98 Å². The molecule has 1 aromatic heterocycles. The van der Waals surface area contributed by atoms with Crippen LogP contribution in [0.2, 0.25) is 0 Å². The maximum Gasteiger partial charge on any atom is 0.165 e. The Labute approximate surface area is 110 Å². The highest BCUT2D eigenvalue weighted by atomic mass is 19.1. The van der Waals surface area contributed by atoms with Crippen molar-refractivity contribution < 1.29 is 13.9 Å². The monoisotopic (exact) mass is 261 g/mol. The van der Waals surface area contributed by atoms with Crippen LogP contribution < -0.4 is 0 Å². The van der Waals surface area contributed by atoms with Crippen LogP contribution in [0.4, 0.5) is 4.39 Å². The number of carbonyl (C=O) groups is 1. The smallest absolute Gasteiger partial charge is 0.165 e. The summed E-state index contributed by atoms with van der Waals surface area (Å²) in [5.41, 5.74) is 1.31. The van der Waals surface area contributed by atoms with E-state index in [0.717, 1.165) is 31.3 Å². The number of H-pyrrole nitrogens is 1. The number of rotatable bonds is 4. The molecule has 1 aromatic carbocycles. The number of aromatic nitrogens is 1. The highest BCUT2D eigenvalue weighted by Gasteiger charge is 2.18. The van der Waals surface area contributed by atoms with Crippen molar-refractivity contribution in [3.63, 3.8) is 0 Å². The van der Waals surface area contributed by atoms with Crippen molar-refractivity contribution in [2.45, 2.75) is 31.8 Å². The molecule has 4 heteroatoms. The summed E-state index contributed by atoms with van der Waals surface area (Å²) in [6, 6.07) is 4.44. The number of halogens is 1. The minimum Gasteiger partial charge on any atom is -0.378 e. The van der Waals surface area contributed by atoms with Crippen LogP contribution in [0, 0.1) is 5.82 Å². The van der Waals surface area contributed by atoms with Crippen LogP contribution in [0.15, 0.2) is 24.4 Å². The average Bonchev–Trinajstić information content (AvgIpc) is 3.04. The topological polar surface area (TPSA) is 42.1 Å². The molecular weight excluding hydrogens is 245 g/mol. The summed E-state index contributed by atoms with van der Waals surface area (Å²) >= 11 is 0. The molecular formula is C15H16FNO2. The van der Waals surface area contributed by atoms with Gasteiger partial charge in [0.2, 0.25) is 0 Å². The second kappa shape index (κ2) is 5.13. The van der Waals surface area contributed by atoms with Gasteiger partial charge in [-0.1, -0.05) is 0 Å². The molecule has 0 amide bonds. The number of aromatic amines is 1. The number of carbonyl (C=O) groups excluding carboxylic acids is 1. The Hall–Kier alpha value is -1.68. The van der Waals surface area contributed by atoms with Gasteiger partial charge in [0.1, 0.15) is 5.82 Å². The van der Waals surface area contributed by atoms with E-state index in [1.807, 2.05) is 0 Å². The molecule has 1 fully saturated rings. The predicted molar refractivity (Wildman–Crippen MR) is 70.8 cm³/mol. The fourth-order valence-electron chi connectivity index (χ4n) is 2.63. The zero-order chi connectivity index (χ0) is 13.2. The standard InChI is InChI=1S/C15H16FNO2/c16-10-3-5-12-13(9-17-14(12)8-10)15(18)6-4-11-2-1-7-19-11/h3,5,8-9,11,17H,1-2,4,6-7H2. The molecule has 1 atom stereocenters. The van der Waals surface area contributed by atoms with Gasteiger partial charge in [-0.15, -0.1) is 0 Å². The van der Waals surface area contributed by atoms with Crippen LogP contribution in [0.3, 0.4) is 0 Å². The number of fused-ring (bicyclic) bond motifs is 1. The lowest BCUT2D eigenvalue weighted by molar-refractivity contribution is 0.0860. The Morgan fingerprint density at radius 2 is 2.37 bits per heavy atom. The van der Waals surface area contributed by atoms with Gasteiger partial charge in [-0.3, -0.25) is 4.79 Å². The average molecular weight is 261 g/mol. The first-order chi connectivity index (χ1) is 9.24. The quantitative estimate of drug-likeness (QED) is 0.856. The third-order valence-electron chi connectivity index (χ3n) is 3.66. The van der Waals surface area contributed by atoms with Crippen molar-refractivity contribution in [1.29, 1.82) is 0 Å². The molecule has 1 aliphatic heterocycles. The molecule has 1 unspecified atom stereocenters. The van der Waals surface area contributed by atoms with Gasteiger partial charge in [-0.25, -0.2) is 4.39 Å². The van der Waals surface area contributed by atoms with Crippen LogP contribution in [0.5, 0.6) is 0 Å². The van der Waals surface area contributed by atoms with E-state index in [1.54, 1.807) is 12.3 Å². The highest BCUT2D eigenvalue weighted by molar-refractivity contribution is 6.07. The fraction of sp³-hybridized carbons (Fsp3) is 0.400. The van der Waals surface area contributed by atoms with Crippen molar-refractivity contribution in [2.75, 3.05) is 6.61 Å². The third-order valence-corrected chi connectivity index (χ3v) is 3.66. The molecule has 3 nitrogen and oxygen atoms in total. The minimum atomic E-state index is -0.298. The summed E-state index contributed by atoms with van der Waals surface area (Å²) < 4.78 is 18.6. The van der Waals surface area contributed by atoms with Crippen molar-refractivity contribution in [3.8, 4) is 0 Å². The predicted octanol–water partition coefficient (Wildman–Crippen LogP) is 3.45. The van der Waals surface area contributed by atoms with Gasteiger partial charge in [0.05, 0.1) is 6.10 Å². The SMILES string of the molecule is O=C(CCC1CCCO1)c1c[nH]c2cc(F)ccc12. The first-order valence-electron chi connectivity index (χ1n) is 6.65. The second-order valence-electron chi connectivity index (χ2n) is 4.99. The molecule has 1 aliphatic rings. The number of nitrogens with one attached hydrogen (secondary N) is 1. The Morgan fingerprint density at radius 1 is 1.47 bits per heavy atom. The Morgan fingerprint density at radius 3 is 3.16 bits per heavy atom. The molecule has 0 saturated carbocycles. The maximum absolute atomic E-state index is 13.1. The van der Waals surface area contributed by atoms with E-state index in [0.29, 0.717) is 17.5 Å². The van der Waals surface area contributed by atoms with Crippen molar-refractivity contribution in [3.05, 3.63) is 35.8 Å².